The highest BCUT2D eigenvalue weighted by molar-refractivity contribution is 4.71. The third-order valence-electron chi connectivity index (χ3n) is 2.47. The first-order chi connectivity index (χ1) is 7.01. The number of rotatable bonds is 4. The van der Waals surface area contributed by atoms with Crippen LogP contribution in [0.2, 0.25) is 0 Å². The molecule has 0 aromatic heterocycles. The molecule has 2 fully saturated rings. The van der Waals surface area contributed by atoms with Crippen LogP contribution in [0.5, 0.6) is 0 Å². The molecular weight excluding hydrogens is 192 g/mol. The van der Waals surface area contributed by atoms with Crippen LogP contribution in [0.1, 0.15) is 34.1 Å². The van der Waals surface area contributed by atoms with Crippen molar-refractivity contribution in [3.63, 3.8) is 0 Å². The number of hydrogen-bond donors (Lipinski definition) is 0. The van der Waals surface area contributed by atoms with Gasteiger partial charge in [0.2, 0.25) is 0 Å². The largest absolute Gasteiger partial charge is 0.376 e. The van der Waals surface area contributed by atoms with Crippen molar-refractivity contribution in [2.24, 2.45) is 5.41 Å². The van der Waals surface area contributed by atoms with E-state index in [2.05, 4.69) is 27.7 Å². The Morgan fingerprint density at radius 3 is 1.60 bits per heavy atom. The molecule has 0 aliphatic carbocycles. The predicted molar refractivity (Wildman–Crippen MR) is 60.0 cm³/mol. The summed E-state index contributed by atoms with van der Waals surface area (Å²) in [6.45, 7) is 12.2. The summed E-state index contributed by atoms with van der Waals surface area (Å²) in [4.78, 5) is 0. The van der Waals surface area contributed by atoms with E-state index in [4.69, 9.17) is 14.2 Å². The van der Waals surface area contributed by atoms with Crippen LogP contribution in [0, 0.1) is 5.41 Å². The Bertz CT molecular complexity index is 154. The normalized spacial score (nSPS) is 28.0. The van der Waals surface area contributed by atoms with Crippen molar-refractivity contribution in [3.05, 3.63) is 0 Å². The predicted octanol–water partition coefficient (Wildman–Crippen LogP) is 2.24. The minimum Gasteiger partial charge on any atom is -0.376 e. The molecule has 0 bridgehead atoms. The topological polar surface area (TPSA) is 34.3 Å². The van der Waals surface area contributed by atoms with Crippen LogP contribution < -0.4 is 0 Å². The second-order valence-corrected chi connectivity index (χ2v) is 5.36. The summed E-state index contributed by atoms with van der Waals surface area (Å²) in [6.07, 6.45) is 2.06. The summed E-state index contributed by atoms with van der Waals surface area (Å²) in [5, 5.41) is 0. The van der Waals surface area contributed by atoms with Gasteiger partial charge in [-0.15, -0.1) is 0 Å². The van der Waals surface area contributed by atoms with E-state index >= 15 is 0 Å². The lowest BCUT2D eigenvalue weighted by Gasteiger charge is -2.12. The Morgan fingerprint density at radius 1 is 1.07 bits per heavy atom. The van der Waals surface area contributed by atoms with E-state index in [1.54, 1.807) is 0 Å². The molecule has 2 saturated heterocycles. The molecule has 2 atom stereocenters. The molecule has 0 aromatic rings. The second kappa shape index (κ2) is 5.83. The number of ether oxygens (including phenoxy) is 3. The highest BCUT2D eigenvalue weighted by atomic mass is 16.6. The molecule has 90 valence electrons. The van der Waals surface area contributed by atoms with Crippen LogP contribution in [-0.4, -0.2) is 38.6 Å². The average molecular weight is 216 g/mol. The van der Waals surface area contributed by atoms with Gasteiger partial charge < -0.3 is 14.2 Å². The molecule has 2 rings (SSSR count). The first kappa shape index (κ1) is 12.9. The molecule has 0 aromatic carbocycles. The van der Waals surface area contributed by atoms with Gasteiger partial charge in [0.15, 0.2) is 0 Å². The Kier molecular flexibility index (Phi) is 5.03. The first-order valence-corrected chi connectivity index (χ1v) is 5.82. The molecule has 0 spiro atoms. The van der Waals surface area contributed by atoms with Crippen molar-refractivity contribution < 1.29 is 14.2 Å². The fourth-order valence-corrected chi connectivity index (χ4v) is 0.659. The monoisotopic (exact) mass is 216 g/mol. The molecule has 0 radical (unpaired) electrons. The maximum absolute atomic E-state index is 5.23. The van der Waals surface area contributed by atoms with Gasteiger partial charge in [-0.3, -0.25) is 0 Å². The fourth-order valence-electron chi connectivity index (χ4n) is 0.659. The van der Waals surface area contributed by atoms with E-state index in [1.807, 2.05) is 0 Å². The molecule has 2 heterocycles. The van der Waals surface area contributed by atoms with E-state index in [9.17, 15) is 0 Å². The van der Waals surface area contributed by atoms with E-state index in [0.717, 1.165) is 26.4 Å². The van der Waals surface area contributed by atoms with Gasteiger partial charge >= 0.3 is 0 Å². The third kappa shape index (κ3) is 8.85. The number of hydrogen-bond acceptors (Lipinski definition) is 3. The Hall–Kier alpha value is -0.120. The molecule has 2 unspecified atom stereocenters. The molecule has 3 nitrogen and oxygen atoms in total. The van der Waals surface area contributed by atoms with Crippen LogP contribution in [-0.2, 0) is 14.2 Å². The van der Waals surface area contributed by atoms with Crippen molar-refractivity contribution in [2.45, 2.75) is 46.3 Å². The highest BCUT2D eigenvalue weighted by Gasteiger charge is 2.26. The van der Waals surface area contributed by atoms with Crippen LogP contribution in [0.25, 0.3) is 0 Å². The molecule has 0 amide bonds. The van der Waals surface area contributed by atoms with Crippen LogP contribution in [0.4, 0.5) is 0 Å². The van der Waals surface area contributed by atoms with Crippen molar-refractivity contribution in [2.75, 3.05) is 26.4 Å². The van der Waals surface area contributed by atoms with E-state index < -0.39 is 0 Å². The van der Waals surface area contributed by atoms with Crippen LogP contribution >= 0.6 is 0 Å². The van der Waals surface area contributed by atoms with Crippen molar-refractivity contribution in [1.82, 2.24) is 0 Å². The minimum atomic E-state index is 0.392. The maximum Gasteiger partial charge on any atom is 0.104 e. The second-order valence-electron chi connectivity index (χ2n) is 5.36. The molecule has 3 heteroatoms. The zero-order valence-corrected chi connectivity index (χ0v) is 10.4. The van der Waals surface area contributed by atoms with Gasteiger partial charge in [0.1, 0.15) is 12.2 Å². The minimum absolute atomic E-state index is 0.392. The van der Waals surface area contributed by atoms with E-state index in [-0.39, 0.29) is 0 Å². The maximum atomic E-state index is 5.23. The lowest BCUT2D eigenvalue weighted by atomic mass is 9.94. The molecule has 2 aliphatic heterocycles. The van der Waals surface area contributed by atoms with Gasteiger partial charge in [-0.2, -0.15) is 0 Å². The van der Waals surface area contributed by atoms with Crippen molar-refractivity contribution in [3.8, 4) is 0 Å². The average Bonchev–Trinajstić information content (AvgIpc) is 2.98. The lowest BCUT2D eigenvalue weighted by molar-refractivity contribution is 0.102. The highest BCUT2D eigenvalue weighted by Crippen LogP contribution is 2.16. The van der Waals surface area contributed by atoms with Gasteiger partial charge in [-0.05, 0) is 5.41 Å². The van der Waals surface area contributed by atoms with E-state index in [1.165, 1.54) is 6.42 Å². The molecule has 0 saturated carbocycles. The Labute approximate surface area is 93.1 Å². The third-order valence-corrected chi connectivity index (χ3v) is 2.47. The Balaban J connectivity index is 0.000000167. The summed E-state index contributed by atoms with van der Waals surface area (Å²) in [7, 11) is 0. The molecule has 15 heavy (non-hydrogen) atoms. The quantitative estimate of drug-likeness (QED) is 0.676. The smallest absolute Gasteiger partial charge is 0.104 e. The SMILES string of the molecule is C(OCC1CO1)C1CO1.CCC(C)(C)C. The molecule has 0 N–H and O–H groups in total. The van der Waals surface area contributed by atoms with Gasteiger partial charge in [0, 0.05) is 0 Å². The number of epoxide rings is 2. The van der Waals surface area contributed by atoms with Crippen molar-refractivity contribution >= 4 is 0 Å². The summed E-state index contributed by atoms with van der Waals surface area (Å²) < 4.78 is 15.1. The van der Waals surface area contributed by atoms with Crippen LogP contribution in [0.15, 0.2) is 0 Å². The summed E-state index contributed by atoms with van der Waals surface area (Å²) in [5.74, 6) is 0. The van der Waals surface area contributed by atoms with Crippen molar-refractivity contribution in [1.29, 1.82) is 0 Å². The van der Waals surface area contributed by atoms with Crippen LogP contribution in [0.3, 0.4) is 0 Å². The van der Waals surface area contributed by atoms with Gasteiger partial charge in [-0.1, -0.05) is 34.1 Å². The van der Waals surface area contributed by atoms with Gasteiger partial charge in [0.25, 0.3) is 0 Å². The van der Waals surface area contributed by atoms with Gasteiger partial charge in [-0.25, -0.2) is 0 Å². The van der Waals surface area contributed by atoms with E-state index in [0.29, 0.717) is 17.6 Å². The summed E-state index contributed by atoms with van der Waals surface area (Å²) >= 11 is 0. The Morgan fingerprint density at radius 2 is 1.40 bits per heavy atom. The molecular formula is C12H24O3. The zero-order chi connectivity index (χ0) is 11.3. The summed E-state index contributed by atoms with van der Waals surface area (Å²) in [5.41, 5.74) is 0.542. The standard InChI is InChI=1S/C6H10O3.C6H14/c1(5-3-8-5)7-2-6-4-9-6;1-5-6(2,3)4/h5-6H,1-4H2;5H2,1-4H3. The zero-order valence-electron chi connectivity index (χ0n) is 10.4. The van der Waals surface area contributed by atoms with Gasteiger partial charge in [0.05, 0.1) is 26.4 Å². The lowest BCUT2D eigenvalue weighted by Crippen LogP contribution is -2.06. The molecule has 2 aliphatic rings. The first-order valence-electron chi connectivity index (χ1n) is 5.82. The fraction of sp³-hybridized carbons (Fsp3) is 1.00. The summed E-state index contributed by atoms with van der Waals surface area (Å²) in [6, 6.07) is 0.